The molecule has 1 heterocycles. The van der Waals surface area contributed by atoms with Crippen molar-refractivity contribution in [2.75, 3.05) is 6.61 Å². The van der Waals surface area contributed by atoms with Crippen LogP contribution >= 0.6 is 0 Å². The molecule has 1 aliphatic carbocycles. The van der Waals surface area contributed by atoms with Crippen LogP contribution in [0.3, 0.4) is 0 Å². The molecule has 0 bridgehead atoms. The molecule has 0 aromatic carbocycles. The molecule has 0 atom stereocenters. The first-order valence-electron chi connectivity index (χ1n) is 6.41. The van der Waals surface area contributed by atoms with E-state index in [0.29, 0.717) is 11.5 Å². The van der Waals surface area contributed by atoms with Crippen LogP contribution < -0.4 is 5.32 Å². The van der Waals surface area contributed by atoms with Crippen LogP contribution in [0.1, 0.15) is 48.7 Å². The van der Waals surface area contributed by atoms with Gasteiger partial charge in [0.15, 0.2) is 0 Å². The lowest BCUT2D eigenvalue weighted by Crippen LogP contribution is -2.53. The van der Waals surface area contributed by atoms with Crippen molar-refractivity contribution in [1.82, 2.24) is 10.5 Å². The molecule has 1 aromatic heterocycles. The number of aliphatic hydroxyl groups excluding tert-OH is 1. The van der Waals surface area contributed by atoms with Gasteiger partial charge in [-0.1, -0.05) is 12.1 Å². The highest BCUT2D eigenvalue weighted by atomic mass is 16.5. The SMILES string of the molecule is Cc1cnoc1C(=O)NC1(CO)CCC(C)CC1. The van der Waals surface area contributed by atoms with Crippen LogP contribution in [0.4, 0.5) is 0 Å². The summed E-state index contributed by atoms with van der Waals surface area (Å²) < 4.78 is 4.93. The van der Waals surface area contributed by atoms with Crippen LogP contribution in [-0.2, 0) is 0 Å². The third-order valence-electron chi connectivity index (χ3n) is 3.87. The Morgan fingerprint density at radius 3 is 2.78 bits per heavy atom. The van der Waals surface area contributed by atoms with Crippen molar-refractivity contribution in [1.29, 1.82) is 0 Å². The quantitative estimate of drug-likeness (QED) is 0.857. The van der Waals surface area contributed by atoms with E-state index in [-0.39, 0.29) is 18.3 Å². The zero-order valence-corrected chi connectivity index (χ0v) is 10.9. The molecule has 1 aliphatic rings. The molecule has 0 radical (unpaired) electrons. The number of aryl methyl sites for hydroxylation is 1. The second-order valence-corrected chi connectivity index (χ2v) is 5.41. The van der Waals surface area contributed by atoms with Gasteiger partial charge >= 0.3 is 0 Å². The first kappa shape index (κ1) is 13.1. The van der Waals surface area contributed by atoms with Crippen molar-refractivity contribution in [3.05, 3.63) is 17.5 Å². The van der Waals surface area contributed by atoms with Gasteiger partial charge in [0.25, 0.3) is 5.91 Å². The zero-order valence-electron chi connectivity index (χ0n) is 10.9. The minimum Gasteiger partial charge on any atom is -0.394 e. The van der Waals surface area contributed by atoms with Gasteiger partial charge in [-0.25, -0.2) is 0 Å². The molecule has 18 heavy (non-hydrogen) atoms. The van der Waals surface area contributed by atoms with Gasteiger partial charge < -0.3 is 14.9 Å². The van der Waals surface area contributed by atoms with E-state index >= 15 is 0 Å². The summed E-state index contributed by atoms with van der Waals surface area (Å²) in [7, 11) is 0. The van der Waals surface area contributed by atoms with Crippen molar-refractivity contribution in [3.63, 3.8) is 0 Å². The molecule has 1 aromatic rings. The fraction of sp³-hybridized carbons (Fsp3) is 0.692. The lowest BCUT2D eigenvalue weighted by molar-refractivity contribution is 0.0685. The largest absolute Gasteiger partial charge is 0.394 e. The fourth-order valence-corrected chi connectivity index (χ4v) is 2.44. The highest BCUT2D eigenvalue weighted by Crippen LogP contribution is 2.31. The number of hydrogen-bond donors (Lipinski definition) is 2. The zero-order chi connectivity index (χ0) is 13.2. The van der Waals surface area contributed by atoms with E-state index in [1.54, 1.807) is 6.92 Å². The molecular weight excluding hydrogens is 232 g/mol. The smallest absolute Gasteiger partial charge is 0.290 e. The van der Waals surface area contributed by atoms with Crippen LogP contribution in [-0.4, -0.2) is 28.3 Å². The molecular formula is C13H20N2O3. The third-order valence-corrected chi connectivity index (χ3v) is 3.87. The first-order valence-corrected chi connectivity index (χ1v) is 6.41. The van der Waals surface area contributed by atoms with Crippen molar-refractivity contribution in [2.45, 2.75) is 45.1 Å². The van der Waals surface area contributed by atoms with Crippen LogP contribution in [0.5, 0.6) is 0 Å². The highest BCUT2D eigenvalue weighted by Gasteiger charge is 2.36. The molecule has 0 saturated heterocycles. The number of amides is 1. The number of nitrogens with zero attached hydrogens (tertiary/aromatic N) is 1. The molecule has 1 saturated carbocycles. The molecule has 5 nitrogen and oxygen atoms in total. The summed E-state index contributed by atoms with van der Waals surface area (Å²) in [6.07, 6.45) is 5.18. The second-order valence-electron chi connectivity index (χ2n) is 5.41. The number of aliphatic hydroxyl groups is 1. The number of hydrogen-bond acceptors (Lipinski definition) is 4. The summed E-state index contributed by atoms with van der Waals surface area (Å²) in [5.41, 5.74) is 0.216. The van der Waals surface area contributed by atoms with Gasteiger partial charge in [-0.05, 0) is 38.5 Å². The maximum Gasteiger partial charge on any atom is 0.290 e. The number of aromatic nitrogens is 1. The van der Waals surface area contributed by atoms with E-state index in [2.05, 4.69) is 17.4 Å². The summed E-state index contributed by atoms with van der Waals surface area (Å²) in [5.74, 6) is 0.614. The molecule has 0 spiro atoms. The number of carbonyl (C=O) groups is 1. The van der Waals surface area contributed by atoms with Gasteiger partial charge in [0.05, 0.1) is 18.3 Å². The molecule has 2 N–H and O–H groups in total. The van der Waals surface area contributed by atoms with Crippen molar-refractivity contribution in [3.8, 4) is 0 Å². The minimum atomic E-state index is -0.497. The van der Waals surface area contributed by atoms with Crippen LogP contribution in [0.15, 0.2) is 10.7 Å². The minimum absolute atomic E-state index is 0.0291. The molecule has 100 valence electrons. The van der Waals surface area contributed by atoms with E-state index in [9.17, 15) is 9.90 Å². The van der Waals surface area contributed by atoms with Crippen molar-refractivity contribution in [2.24, 2.45) is 5.92 Å². The third kappa shape index (κ3) is 2.56. The van der Waals surface area contributed by atoms with E-state index in [1.807, 2.05) is 0 Å². The lowest BCUT2D eigenvalue weighted by Gasteiger charge is -2.38. The Bertz CT molecular complexity index is 420. The summed E-state index contributed by atoms with van der Waals surface area (Å²) in [5, 5.41) is 16.1. The molecule has 1 fully saturated rings. The van der Waals surface area contributed by atoms with Crippen molar-refractivity contribution < 1.29 is 14.4 Å². The summed E-state index contributed by atoms with van der Waals surface area (Å²) in [4.78, 5) is 12.1. The average Bonchev–Trinajstić information content (AvgIpc) is 2.79. The Hall–Kier alpha value is -1.36. The molecule has 1 amide bonds. The lowest BCUT2D eigenvalue weighted by atomic mass is 9.77. The van der Waals surface area contributed by atoms with Crippen LogP contribution in [0, 0.1) is 12.8 Å². The van der Waals surface area contributed by atoms with Gasteiger partial charge in [-0.15, -0.1) is 0 Å². The van der Waals surface area contributed by atoms with Gasteiger partial charge in [0.2, 0.25) is 5.76 Å². The Morgan fingerprint density at radius 1 is 1.61 bits per heavy atom. The topological polar surface area (TPSA) is 75.4 Å². The second kappa shape index (κ2) is 5.10. The Kier molecular flexibility index (Phi) is 3.71. The Labute approximate surface area is 107 Å². The van der Waals surface area contributed by atoms with E-state index in [1.165, 1.54) is 6.20 Å². The Balaban J connectivity index is 2.07. The average molecular weight is 252 g/mol. The standard InChI is InChI=1S/C13H20N2O3/c1-9-3-5-13(8-16,6-4-9)15-12(17)11-10(2)7-14-18-11/h7,9,16H,3-6,8H2,1-2H3,(H,15,17). The predicted octanol–water partition coefficient (Wildman–Crippen LogP) is 1.65. The maximum absolute atomic E-state index is 12.1. The fourth-order valence-electron chi connectivity index (χ4n) is 2.44. The monoisotopic (exact) mass is 252 g/mol. The normalized spacial score (nSPS) is 28.1. The van der Waals surface area contributed by atoms with E-state index < -0.39 is 5.54 Å². The van der Waals surface area contributed by atoms with E-state index in [4.69, 9.17) is 4.52 Å². The van der Waals surface area contributed by atoms with Gasteiger partial charge in [-0.2, -0.15) is 0 Å². The first-order chi connectivity index (χ1) is 8.56. The highest BCUT2D eigenvalue weighted by molar-refractivity contribution is 5.93. The number of nitrogens with one attached hydrogen (secondary N) is 1. The summed E-state index contributed by atoms with van der Waals surface area (Å²) in [6.45, 7) is 3.95. The van der Waals surface area contributed by atoms with Crippen LogP contribution in [0.2, 0.25) is 0 Å². The van der Waals surface area contributed by atoms with Gasteiger partial charge in [0.1, 0.15) is 0 Å². The molecule has 0 unspecified atom stereocenters. The molecule has 5 heteroatoms. The summed E-state index contributed by atoms with van der Waals surface area (Å²) in [6, 6.07) is 0. The van der Waals surface area contributed by atoms with Gasteiger partial charge in [0, 0.05) is 5.56 Å². The van der Waals surface area contributed by atoms with E-state index in [0.717, 1.165) is 25.7 Å². The number of rotatable bonds is 3. The van der Waals surface area contributed by atoms with Crippen LogP contribution in [0.25, 0.3) is 0 Å². The Morgan fingerprint density at radius 2 is 2.28 bits per heavy atom. The summed E-state index contributed by atoms with van der Waals surface area (Å²) >= 11 is 0. The maximum atomic E-state index is 12.1. The molecule has 2 rings (SSSR count). The molecule has 0 aliphatic heterocycles. The van der Waals surface area contributed by atoms with Gasteiger partial charge in [-0.3, -0.25) is 4.79 Å². The van der Waals surface area contributed by atoms with Crippen molar-refractivity contribution >= 4 is 5.91 Å². The number of carbonyl (C=O) groups excluding carboxylic acids is 1. The predicted molar refractivity (Wildman–Crippen MR) is 66.2 cm³/mol.